The number of aryl methyl sites for hydroxylation is 1. The summed E-state index contributed by atoms with van der Waals surface area (Å²) >= 11 is 0. The number of rotatable bonds is 20. The molecule has 0 radical (unpaired) electrons. The van der Waals surface area contributed by atoms with E-state index in [1.54, 1.807) is 0 Å². The molecule has 2 aromatic carbocycles. The van der Waals surface area contributed by atoms with Crippen LogP contribution in [-0.4, -0.2) is 43.8 Å². The summed E-state index contributed by atoms with van der Waals surface area (Å²) in [6, 6.07) is 18.5. The number of hydrogen-bond acceptors (Lipinski definition) is 3. The van der Waals surface area contributed by atoms with Gasteiger partial charge in [-0.05, 0) is 30.5 Å². The maximum Gasteiger partial charge on any atom is 0.365 e. The lowest BCUT2D eigenvalue weighted by Crippen LogP contribution is -2.52. The highest BCUT2D eigenvalue weighted by Gasteiger charge is 2.34. The van der Waals surface area contributed by atoms with Crippen LogP contribution in [0, 0.1) is 0 Å². The summed E-state index contributed by atoms with van der Waals surface area (Å²) in [6.45, 7) is 5.75. The third-order valence-electron chi connectivity index (χ3n) is 7.25. The Kier molecular flexibility index (Phi) is 15.0. The quantitative estimate of drug-likeness (QED) is 0.102. The van der Waals surface area contributed by atoms with Crippen molar-refractivity contribution < 1.29 is 18.8 Å². The molecule has 0 heterocycles. The van der Waals surface area contributed by atoms with E-state index in [1.807, 2.05) is 31.2 Å². The Balaban J connectivity index is 1.64. The van der Waals surface area contributed by atoms with Gasteiger partial charge in [0.2, 0.25) is 0 Å². The molecule has 0 aliphatic carbocycles. The molecule has 0 saturated carbocycles. The van der Waals surface area contributed by atoms with Gasteiger partial charge in [0.05, 0.1) is 14.1 Å². The number of carbonyl (C=O) groups excluding carboxylic acids is 1. The highest BCUT2D eigenvalue weighted by Crippen LogP contribution is 2.19. The largest absolute Gasteiger partial charge is 0.490 e. The van der Waals surface area contributed by atoms with E-state index in [1.165, 1.54) is 75.3 Å². The van der Waals surface area contributed by atoms with Gasteiger partial charge in [0.1, 0.15) is 25.5 Å². The fourth-order valence-electron chi connectivity index (χ4n) is 5.12. The zero-order valence-corrected chi connectivity index (χ0v) is 24.1. The number of esters is 1. The van der Waals surface area contributed by atoms with Crippen LogP contribution in [0.4, 0.5) is 0 Å². The average molecular weight is 511 g/mol. The van der Waals surface area contributed by atoms with Gasteiger partial charge < -0.3 is 14.0 Å². The van der Waals surface area contributed by atoms with Gasteiger partial charge in [-0.2, -0.15) is 0 Å². The fraction of sp³-hybridized carbons (Fsp3) is 0.606. The van der Waals surface area contributed by atoms with Gasteiger partial charge in [-0.3, -0.25) is 0 Å². The lowest BCUT2D eigenvalue weighted by Gasteiger charge is -2.36. The molecule has 1 atom stereocenters. The molecule has 206 valence electrons. The van der Waals surface area contributed by atoms with Gasteiger partial charge in [0.25, 0.3) is 0 Å². The molecule has 0 spiro atoms. The van der Waals surface area contributed by atoms with E-state index in [4.69, 9.17) is 9.47 Å². The van der Waals surface area contributed by atoms with Crippen molar-refractivity contribution in [1.29, 1.82) is 0 Å². The highest BCUT2D eigenvalue weighted by molar-refractivity contribution is 5.74. The number of likely N-dealkylation sites (N-methyl/N-ethyl adjacent to an activating group) is 1. The molecule has 0 aromatic heterocycles. The van der Waals surface area contributed by atoms with Crippen LogP contribution >= 0.6 is 0 Å². The Bertz CT molecular complexity index is 865. The van der Waals surface area contributed by atoms with Crippen molar-refractivity contribution >= 4 is 5.97 Å². The zero-order chi connectivity index (χ0) is 26.8. The average Bonchev–Trinajstić information content (AvgIpc) is 2.88. The monoisotopic (exact) mass is 510 g/mol. The fourth-order valence-corrected chi connectivity index (χ4v) is 5.12. The van der Waals surface area contributed by atoms with Gasteiger partial charge in [-0.15, -0.1) is 0 Å². The first-order valence-corrected chi connectivity index (χ1v) is 14.7. The number of quaternary nitrogens is 1. The first kappa shape index (κ1) is 30.9. The van der Waals surface area contributed by atoms with Crippen LogP contribution < -0.4 is 4.74 Å². The second-order valence-corrected chi connectivity index (χ2v) is 10.9. The van der Waals surface area contributed by atoms with Crippen molar-refractivity contribution in [3.63, 3.8) is 0 Å². The van der Waals surface area contributed by atoms with E-state index >= 15 is 0 Å². The predicted octanol–water partition coefficient (Wildman–Crippen LogP) is 8.13. The van der Waals surface area contributed by atoms with E-state index < -0.39 is 0 Å². The van der Waals surface area contributed by atoms with Crippen LogP contribution in [0.2, 0.25) is 0 Å². The minimum Gasteiger partial charge on any atom is -0.490 e. The first-order chi connectivity index (χ1) is 18.0. The number of hydrogen-bond donors (Lipinski definition) is 0. The van der Waals surface area contributed by atoms with Crippen LogP contribution in [0.5, 0.6) is 5.75 Å². The third kappa shape index (κ3) is 12.6. The van der Waals surface area contributed by atoms with Crippen LogP contribution in [0.3, 0.4) is 0 Å². The summed E-state index contributed by atoms with van der Waals surface area (Å²) in [5.74, 6) is 0.703. The highest BCUT2D eigenvalue weighted by atomic mass is 16.6. The van der Waals surface area contributed by atoms with Gasteiger partial charge >= 0.3 is 5.97 Å². The maximum absolute atomic E-state index is 12.9. The standard InChI is InChI=1S/C33H52NO3/c1-5-7-8-9-10-11-12-13-14-16-20-29-23-19-24-31(27-29)36-25-26-37-33(35)32(6-2)34(3,4)28-30-21-17-15-18-22-30/h15,17-19,21-24,27,32H,5-14,16,20,25-26,28H2,1-4H3/q+1. The first-order valence-electron chi connectivity index (χ1n) is 14.7. The SMILES string of the molecule is CCCCCCCCCCCCc1cccc(OCCOC(=O)C(CC)[N+](C)(C)Cc2ccccc2)c1. The van der Waals surface area contributed by atoms with Crippen LogP contribution in [0.15, 0.2) is 54.6 Å². The smallest absolute Gasteiger partial charge is 0.365 e. The van der Waals surface area contributed by atoms with Gasteiger partial charge in [-0.1, -0.05) is 114 Å². The van der Waals surface area contributed by atoms with Gasteiger partial charge in [0, 0.05) is 12.0 Å². The topological polar surface area (TPSA) is 35.5 Å². The Morgan fingerprint density at radius 2 is 1.38 bits per heavy atom. The molecule has 1 unspecified atom stereocenters. The molecule has 0 saturated heterocycles. The van der Waals surface area contributed by atoms with Gasteiger partial charge in [0.15, 0.2) is 6.04 Å². The van der Waals surface area contributed by atoms with E-state index in [0.29, 0.717) is 11.1 Å². The Morgan fingerprint density at radius 3 is 2.03 bits per heavy atom. The number of nitrogens with zero attached hydrogens (tertiary/aromatic N) is 1. The molecule has 2 rings (SSSR count). The van der Waals surface area contributed by atoms with Crippen LogP contribution in [0.1, 0.15) is 95.6 Å². The number of unbranched alkanes of at least 4 members (excludes halogenated alkanes) is 9. The van der Waals surface area contributed by atoms with E-state index in [2.05, 4.69) is 51.4 Å². The Hall–Kier alpha value is -2.33. The van der Waals surface area contributed by atoms with E-state index in [0.717, 1.165) is 25.1 Å². The number of carbonyl (C=O) groups is 1. The molecule has 4 nitrogen and oxygen atoms in total. The predicted molar refractivity (Wildman–Crippen MR) is 155 cm³/mol. The van der Waals surface area contributed by atoms with Crippen molar-refractivity contribution in [3.05, 3.63) is 65.7 Å². The zero-order valence-electron chi connectivity index (χ0n) is 24.1. The van der Waals surface area contributed by atoms with Gasteiger partial charge in [-0.25, -0.2) is 4.79 Å². The normalized spacial score (nSPS) is 12.3. The molecule has 0 aliphatic heterocycles. The van der Waals surface area contributed by atoms with E-state index in [-0.39, 0.29) is 18.6 Å². The van der Waals surface area contributed by atoms with E-state index in [9.17, 15) is 4.79 Å². The second-order valence-electron chi connectivity index (χ2n) is 10.9. The summed E-state index contributed by atoms with van der Waals surface area (Å²) in [4.78, 5) is 12.9. The minimum absolute atomic E-state index is 0.151. The molecule has 0 aliphatic rings. The lowest BCUT2D eigenvalue weighted by molar-refractivity contribution is -0.919. The molecular weight excluding hydrogens is 458 g/mol. The number of ether oxygens (including phenoxy) is 2. The third-order valence-corrected chi connectivity index (χ3v) is 7.25. The Labute approximate surface area is 227 Å². The summed E-state index contributed by atoms with van der Waals surface area (Å²) < 4.78 is 12.1. The van der Waals surface area contributed by atoms with Crippen molar-refractivity contribution in [2.75, 3.05) is 27.3 Å². The molecular formula is C33H52NO3+. The van der Waals surface area contributed by atoms with Crippen molar-refractivity contribution in [1.82, 2.24) is 0 Å². The van der Waals surface area contributed by atoms with Crippen LogP contribution in [0.25, 0.3) is 0 Å². The lowest BCUT2D eigenvalue weighted by atomic mass is 10.0. The minimum atomic E-state index is -0.204. The number of benzene rings is 2. The van der Waals surface area contributed by atoms with Crippen molar-refractivity contribution in [2.24, 2.45) is 0 Å². The Morgan fingerprint density at radius 1 is 0.757 bits per heavy atom. The molecule has 0 amide bonds. The molecule has 4 heteroatoms. The molecule has 0 bridgehead atoms. The molecule has 2 aromatic rings. The molecule has 0 fully saturated rings. The summed E-state index contributed by atoms with van der Waals surface area (Å²) in [5, 5.41) is 0. The molecule has 0 N–H and O–H groups in total. The maximum atomic E-state index is 12.9. The van der Waals surface area contributed by atoms with Crippen molar-refractivity contribution in [2.45, 2.75) is 103 Å². The molecule has 37 heavy (non-hydrogen) atoms. The summed E-state index contributed by atoms with van der Waals surface area (Å²) in [5.41, 5.74) is 2.54. The summed E-state index contributed by atoms with van der Waals surface area (Å²) in [6.07, 6.45) is 15.4. The van der Waals surface area contributed by atoms with Crippen LogP contribution in [-0.2, 0) is 22.5 Å². The second kappa shape index (κ2) is 18.0. The van der Waals surface area contributed by atoms with Crippen molar-refractivity contribution in [3.8, 4) is 5.75 Å². The summed E-state index contributed by atoms with van der Waals surface area (Å²) in [7, 11) is 4.19.